The van der Waals surface area contributed by atoms with Crippen molar-refractivity contribution in [1.29, 1.82) is 0 Å². The van der Waals surface area contributed by atoms with Crippen LogP contribution in [0.25, 0.3) is 0 Å². The second-order valence-electron chi connectivity index (χ2n) is 18.3. The highest BCUT2D eigenvalue weighted by Crippen LogP contribution is 2.29. The normalized spacial score (nSPS) is 10.9. The number of carbonyl (C=O) groups excluding carboxylic acids is 4. The van der Waals surface area contributed by atoms with E-state index in [0.717, 1.165) is 76.3 Å². The van der Waals surface area contributed by atoms with Crippen LogP contribution in [0.2, 0.25) is 0 Å². The number of rotatable bonds is 40. The highest BCUT2D eigenvalue weighted by molar-refractivity contribution is 5.92. The third-order valence-electron chi connectivity index (χ3n) is 11.8. The molecule has 0 N–H and O–H groups in total. The lowest BCUT2D eigenvalue weighted by Crippen LogP contribution is -2.12. The number of hydrogen-bond acceptors (Lipinski definition) is 10. The summed E-state index contributed by atoms with van der Waals surface area (Å²) < 4.78 is 62.1. The van der Waals surface area contributed by atoms with Crippen LogP contribution in [-0.2, 0) is 19.1 Å². The van der Waals surface area contributed by atoms with E-state index < -0.39 is 29.3 Å². The second kappa shape index (κ2) is 36.4. The van der Waals surface area contributed by atoms with Gasteiger partial charge in [0.25, 0.3) is 0 Å². The molecule has 0 heterocycles. The van der Waals surface area contributed by atoms with Gasteiger partial charge in [-0.05, 0) is 88.1 Å². The van der Waals surface area contributed by atoms with Gasteiger partial charge in [0.2, 0.25) is 5.75 Å². The van der Waals surface area contributed by atoms with Gasteiger partial charge < -0.3 is 28.4 Å². The average molecular weight is 975 g/mol. The minimum Gasteiger partial charge on any atom is -0.494 e. The summed E-state index contributed by atoms with van der Waals surface area (Å²) in [6, 6.07) is 14.1. The first-order chi connectivity index (χ1) is 33.9. The highest BCUT2D eigenvalue weighted by atomic mass is 19.1. The number of ether oxygens (including phenoxy) is 6. The van der Waals surface area contributed by atoms with E-state index in [4.69, 9.17) is 28.4 Å². The van der Waals surface area contributed by atoms with Crippen molar-refractivity contribution < 1.29 is 56.4 Å². The molecular weight excluding hydrogens is 895 g/mol. The molecule has 0 amide bonds. The van der Waals surface area contributed by atoms with Crippen molar-refractivity contribution in [3.8, 4) is 23.0 Å². The second-order valence-corrected chi connectivity index (χ2v) is 18.3. The summed E-state index contributed by atoms with van der Waals surface area (Å²) in [6.07, 6.45) is 30.0. The summed E-state index contributed by atoms with van der Waals surface area (Å²) in [6.45, 7) is 12.5. The highest BCUT2D eigenvalue weighted by Gasteiger charge is 2.20. The van der Waals surface area contributed by atoms with Crippen LogP contribution >= 0.6 is 0 Å². The predicted octanol–water partition coefficient (Wildman–Crippen LogP) is 15.5. The standard InChI is InChI=1S/C58H80F2O10/c1-45(2)55(61)67-41-29-25-21-17-13-9-5-7-11-15-19-23-27-39-65-49-35-31-47(32-36-49)57(63)69-51-43-52(59)54(53(60)44-51)70-58(64)48-33-37-50(38-34-48)66-40-28-24-20-16-12-8-6-10-14-18-22-26-30-42-68-56(62)46(3)4/h31-38,43-44H,1,3,5-30,39-42H2,2,4H3. The first-order valence-corrected chi connectivity index (χ1v) is 26.0. The summed E-state index contributed by atoms with van der Waals surface area (Å²) in [5, 5.41) is 0. The molecule has 3 aromatic rings. The fraction of sp³-hybridized carbons (Fsp3) is 0.552. The average Bonchev–Trinajstić information content (AvgIpc) is 3.34. The largest absolute Gasteiger partial charge is 0.494 e. The number of halogens is 2. The van der Waals surface area contributed by atoms with Gasteiger partial charge in [0, 0.05) is 23.3 Å². The Kier molecular flexibility index (Phi) is 30.6. The Morgan fingerprint density at radius 1 is 0.386 bits per heavy atom. The Morgan fingerprint density at radius 2 is 0.657 bits per heavy atom. The zero-order valence-electron chi connectivity index (χ0n) is 42.2. The Labute approximate surface area is 416 Å². The van der Waals surface area contributed by atoms with E-state index in [1.54, 1.807) is 38.1 Å². The minimum absolute atomic E-state index is 0.0865. The van der Waals surface area contributed by atoms with E-state index in [1.165, 1.54) is 127 Å². The Bertz CT molecular complexity index is 1970. The number of carbonyl (C=O) groups is 4. The molecule has 0 aliphatic heterocycles. The van der Waals surface area contributed by atoms with Gasteiger partial charge in [-0.2, -0.15) is 0 Å². The fourth-order valence-electron chi connectivity index (χ4n) is 7.64. The van der Waals surface area contributed by atoms with E-state index in [-0.39, 0.29) is 28.8 Å². The third-order valence-corrected chi connectivity index (χ3v) is 11.8. The summed E-state index contributed by atoms with van der Waals surface area (Å²) in [7, 11) is 0. The molecule has 0 fully saturated rings. The molecule has 0 spiro atoms. The van der Waals surface area contributed by atoms with Gasteiger partial charge in [-0.1, -0.05) is 154 Å². The molecule has 0 aromatic heterocycles. The van der Waals surface area contributed by atoms with Gasteiger partial charge in [-0.25, -0.2) is 28.0 Å². The van der Waals surface area contributed by atoms with Crippen LogP contribution in [-0.4, -0.2) is 50.3 Å². The van der Waals surface area contributed by atoms with Crippen LogP contribution < -0.4 is 18.9 Å². The molecule has 70 heavy (non-hydrogen) atoms. The lowest BCUT2D eigenvalue weighted by atomic mass is 10.0. The van der Waals surface area contributed by atoms with E-state index in [2.05, 4.69) is 13.2 Å². The summed E-state index contributed by atoms with van der Waals surface area (Å²) in [5.41, 5.74) is 1.15. The number of unbranched alkanes of at least 4 members (excludes halogenated alkanes) is 24. The maximum Gasteiger partial charge on any atom is 0.343 e. The van der Waals surface area contributed by atoms with Crippen molar-refractivity contribution in [2.75, 3.05) is 26.4 Å². The first kappa shape index (κ1) is 58.8. The Balaban J connectivity index is 1.19. The molecule has 0 bridgehead atoms. The zero-order valence-corrected chi connectivity index (χ0v) is 42.2. The molecule has 0 aliphatic carbocycles. The summed E-state index contributed by atoms with van der Waals surface area (Å²) in [4.78, 5) is 48.3. The first-order valence-electron chi connectivity index (χ1n) is 26.0. The molecule has 12 heteroatoms. The molecule has 386 valence electrons. The molecular formula is C58H80F2O10. The van der Waals surface area contributed by atoms with Gasteiger partial charge in [-0.3, -0.25) is 0 Å². The van der Waals surface area contributed by atoms with Crippen molar-refractivity contribution in [1.82, 2.24) is 0 Å². The van der Waals surface area contributed by atoms with Crippen LogP contribution in [0, 0.1) is 11.6 Å². The lowest BCUT2D eigenvalue weighted by Gasteiger charge is -2.11. The van der Waals surface area contributed by atoms with Crippen LogP contribution in [0.4, 0.5) is 8.78 Å². The number of esters is 4. The predicted molar refractivity (Wildman–Crippen MR) is 272 cm³/mol. The maximum atomic E-state index is 15.0. The summed E-state index contributed by atoms with van der Waals surface area (Å²) >= 11 is 0. The SMILES string of the molecule is C=C(C)C(=O)OCCCCCCCCCCCCCCCOc1ccc(C(=O)Oc2cc(F)c(OC(=O)c3ccc(OCCCCCCCCCCCCCCCOC(=O)C(=C)C)cc3)c(F)c2)cc1. The molecule has 10 nitrogen and oxygen atoms in total. The molecule has 0 atom stereocenters. The Morgan fingerprint density at radius 3 is 0.957 bits per heavy atom. The minimum atomic E-state index is -1.20. The lowest BCUT2D eigenvalue weighted by molar-refractivity contribution is -0.139. The van der Waals surface area contributed by atoms with Crippen molar-refractivity contribution in [3.05, 3.63) is 108 Å². The third kappa shape index (κ3) is 26.5. The van der Waals surface area contributed by atoms with Crippen LogP contribution in [0.1, 0.15) is 202 Å². The molecule has 0 saturated heterocycles. The smallest absolute Gasteiger partial charge is 0.343 e. The molecule has 0 unspecified atom stereocenters. The molecule has 0 saturated carbocycles. The van der Waals surface area contributed by atoms with Crippen molar-refractivity contribution in [3.63, 3.8) is 0 Å². The van der Waals surface area contributed by atoms with Crippen molar-refractivity contribution in [2.24, 2.45) is 0 Å². The topological polar surface area (TPSA) is 124 Å². The number of hydrogen-bond donors (Lipinski definition) is 0. The van der Waals surface area contributed by atoms with Gasteiger partial charge in [0.1, 0.15) is 17.2 Å². The maximum absolute atomic E-state index is 15.0. The van der Waals surface area contributed by atoms with E-state index in [9.17, 15) is 28.0 Å². The van der Waals surface area contributed by atoms with Gasteiger partial charge in [-0.15, -0.1) is 0 Å². The molecule has 0 aliphatic rings. The van der Waals surface area contributed by atoms with Crippen molar-refractivity contribution in [2.45, 2.75) is 181 Å². The van der Waals surface area contributed by atoms with Gasteiger partial charge in [0.05, 0.1) is 37.6 Å². The zero-order chi connectivity index (χ0) is 50.6. The van der Waals surface area contributed by atoms with Crippen LogP contribution in [0.15, 0.2) is 85.0 Å². The van der Waals surface area contributed by atoms with Crippen LogP contribution in [0.3, 0.4) is 0 Å². The van der Waals surface area contributed by atoms with Gasteiger partial charge in [0.15, 0.2) is 11.6 Å². The fourth-order valence-corrected chi connectivity index (χ4v) is 7.64. The van der Waals surface area contributed by atoms with E-state index >= 15 is 0 Å². The quantitative estimate of drug-likeness (QED) is 0.0235. The monoisotopic (exact) mass is 975 g/mol. The Hall–Kier alpha value is -5.52. The van der Waals surface area contributed by atoms with E-state index in [0.29, 0.717) is 49.1 Å². The van der Waals surface area contributed by atoms with Crippen LogP contribution in [0.5, 0.6) is 23.0 Å². The molecule has 3 aromatic carbocycles. The molecule has 3 rings (SSSR count). The molecule has 0 radical (unpaired) electrons. The van der Waals surface area contributed by atoms with E-state index in [1.807, 2.05) is 0 Å². The summed E-state index contributed by atoms with van der Waals surface area (Å²) in [5.74, 6) is -4.87. The number of benzene rings is 3. The van der Waals surface area contributed by atoms with Gasteiger partial charge >= 0.3 is 23.9 Å². The van der Waals surface area contributed by atoms with Crippen molar-refractivity contribution >= 4 is 23.9 Å².